The minimum atomic E-state index is -0.758. The fourth-order valence-corrected chi connectivity index (χ4v) is 2.70. The van der Waals surface area contributed by atoms with Crippen LogP contribution in [0.2, 0.25) is 0 Å². The standard InChI is InChI=1S/C15H22FNO/c1-12(18)15-13(16)8-7-9-14(15)17-10-5-3-2-4-6-11-17/h7-9,12,18H,2-6,10-11H2,1H3/t12-/m0/s1. The fourth-order valence-electron chi connectivity index (χ4n) is 2.70. The zero-order valence-corrected chi connectivity index (χ0v) is 11.0. The van der Waals surface area contributed by atoms with Gasteiger partial charge in [0.15, 0.2) is 0 Å². The third kappa shape index (κ3) is 3.02. The Hall–Kier alpha value is -1.09. The van der Waals surface area contributed by atoms with Crippen LogP contribution in [-0.4, -0.2) is 18.2 Å². The Morgan fingerprint density at radius 2 is 1.72 bits per heavy atom. The van der Waals surface area contributed by atoms with E-state index in [1.807, 2.05) is 6.07 Å². The summed E-state index contributed by atoms with van der Waals surface area (Å²) in [5.41, 5.74) is 1.31. The summed E-state index contributed by atoms with van der Waals surface area (Å²) in [6, 6.07) is 5.08. The zero-order chi connectivity index (χ0) is 13.0. The highest BCUT2D eigenvalue weighted by Crippen LogP contribution is 2.30. The summed E-state index contributed by atoms with van der Waals surface area (Å²) in [7, 11) is 0. The van der Waals surface area contributed by atoms with Gasteiger partial charge in [-0.15, -0.1) is 0 Å². The molecule has 0 saturated carbocycles. The lowest BCUT2D eigenvalue weighted by Gasteiger charge is -2.29. The Morgan fingerprint density at radius 1 is 1.11 bits per heavy atom. The van der Waals surface area contributed by atoms with Crippen LogP contribution >= 0.6 is 0 Å². The first-order valence-electron chi connectivity index (χ1n) is 6.91. The van der Waals surface area contributed by atoms with Crippen molar-refractivity contribution in [2.45, 2.75) is 45.1 Å². The van der Waals surface area contributed by atoms with Crippen molar-refractivity contribution >= 4 is 5.69 Å². The van der Waals surface area contributed by atoms with E-state index in [9.17, 15) is 9.50 Å². The summed E-state index contributed by atoms with van der Waals surface area (Å²) in [4.78, 5) is 2.23. The highest BCUT2D eigenvalue weighted by atomic mass is 19.1. The molecule has 100 valence electrons. The molecule has 1 aromatic carbocycles. The molecule has 1 fully saturated rings. The SMILES string of the molecule is C[C@H](O)c1c(F)cccc1N1CCCCCCC1. The summed E-state index contributed by atoms with van der Waals surface area (Å²) in [5, 5.41) is 9.78. The van der Waals surface area contributed by atoms with Crippen molar-refractivity contribution < 1.29 is 9.50 Å². The van der Waals surface area contributed by atoms with Crippen molar-refractivity contribution in [2.24, 2.45) is 0 Å². The van der Waals surface area contributed by atoms with Crippen molar-refractivity contribution in [3.8, 4) is 0 Å². The van der Waals surface area contributed by atoms with E-state index in [1.165, 1.54) is 25.3 Å². The zero-order valence-electron chi connectivity index (χ0n) is 11.0. The lowest BCUT2D eigenvalue weighted by Crippen LogP contribution is -2.28. The number of benzene rings is 1. The van der Waals surface area contributed by atoms with Crippen LogP contribution in [0.3, 0.4) is 0 Å². The van der Waals surface area contributed by atoms with Crippen LogP contribution in [0, 0.1) is 5.82 Å². The molecule has 0 unspecified atom stereocenters. The quantitative estimate of drug-likeness (QED) is 0.867. The minimum absolute atomic E-state index is 0.301. The number of halogens is 1. The van der Waals surface area contributed by atoms with Crippen LogP contribution in [0.15, 0.2) is 18.2 Å². The maximum absolute atomic E-state index is 13.9. The number of anilines is 1. The van der Waals surface area contributed by atoms with Gasteiger partial charge in [-0.1, -0.05) is 25.3 Å². The first kappa shape index (κ1) is 13.3. The number of aliphatic hydroxyl groups is 1. The van der Waals surface area contributed by atoms with Crippen molar-refractivity contribution in [3.63, 3.8) is 0 Å². The molecule has 1 aliphatic rings. The van der Waals surface area contributed by atoms with E-state index < -0.39 is 6.10 Å². The molecule has 0 aliphatic carbocycles. The Bertz CT molecular complexity index is 384. The smallest absolute Gasteiger partial charge is 0.131 e. The molecule has 0 bridgehead atoms. The van der Waals surface area contributed by atoms with Gasteiger partial charge in [0.05, 0.1) is 6.10 Å². The van der Waals surface area contributed by atoms with E-state index in [0.29, 0.717) is 5.56 Å². The number of nitrogens with zero attached hydrogens (tertiary/aromatic N) is 1. The van der Waals surface area contributed by atoms with E-state index in [2.05, 4.69) is 4.90 Å². The lowest BCUT2D eigenvalue weighted by molar-refractivity contribution is 0.194. The molecule has 1 N–H and O–H groups in total. The minimum Gasteiger partial charge on any atom is -0.389 e. The van der Waals surface area contributed by atoms with E-state index in [-0.39, 0.29) is 5.82 Å². The molecule has 1 heterocycles. The Labute approximate surface area is 108 Å². The van der Waals surface area contributed by atoms with Gasteiger partial charge in [0.2, 0.25) is 0 Å². The molecular weight excluding hydrogens is 229 g/mol. The average Bonchev–Trinajstić information content (AvgIpc) is 2.27. The number of hydrogen-bond donors (Lipinski definition) is 1. The van der Waals surface area contributed by atoms with Crippen LogP contribution in [0.4, 0.5) is 10.1 Å². The molecule has 1 aromatic rings. The number of aliphatic hydroxyl groups excluding tert-OH is 1. The second-order valence-electron chi connectivity index (χ2n) is 5.10. The molecule has 2 rings (SSSR count). The van der Waals surface area contributed by atoms with Gasteiger partial charge in [-0.3, -0.25) is 0 Å². The summed E-state index contributed by atoms with van der Waals surface area (Å²) < 4.78 is 13.9. The molecule has 0 spiro atoms. The predicted octanol–water partition coefficient (Wildman–Crippen LogP) is 3.65. The highest BCUT2D eigenvalue weighted by Gasteiger charge is 2.18. The molecule has 1 saturated heterocycles. The molecule has 3 heteroatoms. The molecule has 0 amide bonds. The van der Waals surface area contributed by atoms with Crippen LogP contribution in [0.1, 0.15) is 50.7 Å². The third-order valence-electron chi connectivity index (χ3n) is 3.64. The second-order valence-corrected chi connectivity index (χ2v) is 5.10. The molecule has 2 nitrogen and oxygen atoms in total. The van der Waals surface area contributed by atoms with Crippen LogP contribution in [0.25, 0.3) is 0 Å². The van der Waals surface area contributed by atoms with Crippen molar-refractivity contribution in [1.82, 2.24) is 0 Å². The van der Waals surface area contributed by atoms with Crippen LogP contribution in [0.5, 0.6) is 0 Å². The van der Waals surface area contributed by atoms with Gasteiger partial charge < -0.3 is 10.0 Å². The van der Waals surface area contributed by atoms with Crippen molar-refractivity contribution in [1.29, 1.82) is 0 Å². The number of hydrogen-bond acceptors (Lipinski definition) is 2. The monoisotopic (exact) mass is 251 g/mol. The largest absolute Gasteiger partial charge is 0.389 e. The lowest BCUT2D eigenvalue weighted by atomic mass is 10.0. The van der Waals surface area contributed by atoms with Gasteiger partial charge in [-0.25, -0.2) is 4.39 Å². The topological polar surface area (TPSA) is 23.5 Å². The summed E-state index contributed by atoms with van der Waals surface area (Å²) in [6.07, 6.45) is 5.34. The predicted molar refractivity (Wildman–Crippen MR) is 72.3 cm³/mol. The van der Waals surface area contributed by atoms with Crippen molar-refractivity contribution in [2.75, 3.05) is 18.0 Å². The molecule has 1 atom stereocenters. The molecule has 0 radical (unpaired) electrons. The van der Waals surface area contributed by atoms with Gasteiger partial charge in [-0.05, 0) is 31.9 Å². The maximum Gasteiger partial charge on any atom is 0.131 e. The Morgan fingerprint density at radius 3 is 2.33 bits per heavy atom. The molecular formula is C15H22FNO. The highest BCUT2D eigenvalue weighted by molar-refractivity contribution is 5.55. The van der Waals surface area contributed by atoms with Crippen LogP contribution < -0.4 is 4.90 Å². The Kier molecular flexibility index (Phi) is 4.59. The van der Waals surface area contributed by atoms with Crippen molar-refractivity contribution in [3.05, 3.63) is 29.6 Å². The first-order chi connectivity index (χ1) is 8.70. The van der Waals surface area contributed by atoms with E-state index in [1.54, 1.807) is 13.0 Å². The normalized spacial score (nSPS) is 19.2. The van der Waals surface area contributed by atoms with E-state index >= 15 is 0 Å². The molecule has 1 aliphatic heterocycles. The summed E-state index contributed by atoms with van der Waals surface area (Å²) >= 11 is 0. The van der Waals surface area contributed by atoms with Gasteiger partial charge in [0.25, 0.3) is 0 Å². The first-order valence-corrected chi connectivity index (χ1v) is 6.91. The Balaban J connectivity index is 2.27. The summed E-state index contributed by atoms with van der Waals surface area (Å²) in [5.74, 6) is -0.301. The second kappa shape index (κ2) is 6.19. The van der Waals surface area contributed by atoms with Crippen LogP contribution in [-0.2, 0) is 0 Å². The van der Waals surface area contributed by atoms with Gasteiger partial charge in [-0.2, -0.15) is 0 Å². The van der Waals surface area contributed by atoms with E-state index in [4.69, 9.17) is 0 Å². The van der Waals surface area contributed by atoms with E-state index in [0.717, 1.165) is 31.6 Å². The van der Waals surface area contributed by atoms with Gasteiger partial charge in [0.1, 0.15) is 5.82 Å². The number of rotatable bonds is 2. The fraction of sp³-hybridized carbons (Fsp3) is 0.600. The molecule has 18 heavy (non-hydrogen) atoms. The maximum atomic E-state index is 13.9. The van der Waals surface area contributed by atoms with Gasteiger partial charge in [0, 0.05) is 24.3 Å². The van der Waals surface area contributed by atoms with Gasteiger partial charge >= 0.3 is 0 Å². The molecule has 0 aromatic heterocycles. The summed E-state index contributed by atoms with van der Waals surface area (Å²) in [6.45, 7) is 3.55. The third-order valence-corrected chi connectivity index (χ3v) is 3.64. The average molecular weight is 251 g/mol.